The molecule has 0 aromatic carbocycles. The number of anilines is 1. The van der Waals surface area contributed by atoms with Crippen LogP contribution >= 0.6 is 11.6 Å². The molecule has 1 aliphatic rings. The van der Waals surface area contributed by atoms with Gasteiger partial charge in [0.25, 0.3) is 0 Å². The minimum absolute atomic E-state index is 0.241. The third-order valence-electron chi connectivity index (χ3n) is 3.15. The van der Waals surface area contributed by atoms with Crippen molar-refractivity contribution < 1.29 is 9.53 Å². The van der Waals surface area contributed by atoms with Crippen molar-refractivity contribution >= 4 is 23.5 Å². The highest BCUT2D eigenvalue weighted by atomic mass is 35.5. The molecule has 116 valence electrons. The number of carbonyl (C=O) groups excluding carboxylic acids is 1. The van der Waals surface area contributed by atoms with Gasteiger partial charge in [-0.1, -0.05) is 0 Å². The molecule has 1 amide bonds. The number of aromatic nitrogens is 2. The van der Waals surface area contributed by atoms with Gasteiger partial charge in [0.05, 0.1) is 0 Å². The molecule has 0 unspecified atom stereocenters. The molecule has 0 N–H and O–H groups in total. The van der Waals surface area contributed by atoms with E-state index in [4.69, 9.17) is 16.3 Å². The zero-order valence-electron chi connectivity index (χ0n) is 12.9. The Balaban J connectivity index is 1.97. The maximum atomic E-state index is 12.0. The molecule has 21 heavy (non-hydrogen) atoms. The predicted octanol–water partition coefficient (Wildman–Crippen LogP) is 2.50. The first-order valence-electron chi connectivity index (χ1n) is 6.98. The zero-order chi connectivity index (χ0) is 15.6. The van der Waals surface area contributed by atoms with E-state index in [1.807, 2.05) is 27.7 Å². The quantitative estimate of drug-likeness (QED) is 0.746. The molecule has 1 aliphatic heterocycles. The first kappa shape index (κ1) is 15.8. The summed E-state index contributed by atoms with van der Waals surface area (Å²) >= 11 is 5.85. The Morgan fingerprint density at radius 1 is 1.29 bits per heavy atom. The molecule has 1 saturated heterocycles. The molecule has 0 atom stereocenters. The number of ether oxygens (including phenoxy) is 1. The lowest BCUT2D eigenvalue weighted by atomic mass is 10.2. The molecular weight excluding hydrogens is 292 g/mol. The summed E-state index contributed by atoms with van der Waals surface area (Å²) in [6.07, 6.45) is 1.45. The van der Waals surface area contributed by atoms with Crippen LogP contribution in [0.3, 0.4) is 0 Å². The smallest absolute Gasteiger partial charge is 0.410 e. The molecule has 0 saturated carbocycles. The van der Waals surface area contributed by atoms with E-state index in [-0.39, 0.29) is 11.4 Å². The lowest BCUT2D eigenvalue weighted by molar-refractivity contribution is 0.0240. The molecule has 2 rings (SSSR count). The highest BCUT2D eigenvalue weighted by Gasteiger charge is 2.26. The predicted molar refractivity (Wildman–Crippen MR) is 81.8 cm³/mol. The number of carbonyl (C=O) groups is 1. The van der Waals surface area contributed by atoms with E-state index in [0.717, 1.165) is 11.4 Å². The van der Waals surface area contributed by atoms with E-state index in [1.165, 1.54) is 0 Å². The Kier molecular flexibility index (Phi) is 4.56. The molecule has 0 spiro atoms. The van der Waals surface area contributed by atoms with Crippen molar-refractivity contribution in [1.82, 2.24) is 14.9 Å². The summed E-state index contributed by atoms with van der Waals surface area (Å²) in [5.41, 5.74) is 0.510. The van der Waals surface area contributed by atoms with Gasteiger partial charge in [0.1, 0.15) is 11.4 Å². The van der Waals surface area contributed by atoms with Crippen LogP contribution < -0.4 is 4.90 Å². The average molecular weight is 313 g/mol. The van der Waals surface area contributed by atoms with Gasteiger partial charge in [0, 0.05) is 37.9 Å². The van der Waals surface area contributed by atoms with Crippen molar-refractivity contribution in [2.24, 2.45) is 0 Å². The van der Waals surface area contributed by atoms with Crippen LogP contribution in [0.5, 0.6) is 0 Å². The standard InChI is InChI=1S/C14H21ClN4O2/c1-10-9-16-12(15)17-11(10)18-5-7-19(8-6-18)13(20)21-14(2,3)4/h9H,5-8H2,1-4H3. The van der Waals surface area contributed by atoms with Crippen LogP contribution in [0, 0.1) is 6.92 Å². The van der Waals surface area contributed by atoms with E-state index in [2.05, 4.69) is 14.9 Å². The highest BCUT2D eigenvalue weighted by molar-refractivity contribution is 6.28. The van der Waals surface area contributed by atoms with Gasteiger partial charge in [0.2, 0.25) is 5.28 Å². The van der Waals surface area contributed by atoms with E-state index >= 15 is 0 Å². The fraction of sp³-hybridized carbons (Fsp3) is 0.643. The lowest BCUT2D eigenvalue weighted by Crippen LogP contribution is -2.50. The second kappa shape index (κ2) is 6.05. The molecule has 1 aromatic rings. The van der Waals surface area contributed by atoms with Crippen LogP contribution in [-0.2, 0) is 4.74 Å². The van der Waals surface area contributed by atoms with E-state index in [9.17, 15) is 4.79 Å². The van der Waals surface area contributed by atoms with Crippen LogP contribution in [-0.4, -0.2) is 52.7 Å². The molecule has 6 nitrogen and oxygen atoms in total. The van der Waals surface area contributed by atoms with E-state index < -0.39 is 5.60 Å². The second-order valence-electron chi connectivity index (χ2n) is 6.10. The summed E-state index contributed by atoms with van der Waals surface area (Å²) < 4.78 is 5.38. The van der Waals surface area contributed by atoms with Gasteiger partial charge in [-0.2, -0.15) is 0 Å². The Morgan fingerprint density at radius 3 is 2.48 bits per heavy atom. The summed E-state index contributed by atoms with van der Waals surface area (Å²) in [6, 6.07) is 0. The summed E-state index contributed by atoms with van der Waals surface area (Å²) in [6.45, 7) is 10.2. The topological polar surface area (TPSA) is 58.6 Å². The number of hydrogen-bond donors (Lipinski definition) is 0. The summed E-state index contributed by atoms with van der Waals surface area (Å²) in [5, 5.41) is 0.241. The van der Waals surface area contributed by atoms with Gasteiger partial charge in [-0.25, -0.2) is 14.8 Å². The van der Waals surface area contributed by atoms with E-state index in [0.29, 0.717) is 26.2 Å². The third kappa shape index (κ3) is 4.20. The zero-order valence-corrected chi connectivity index (χ0v) is 13.6. The van der Waals surface area contributed by atoms with Gasteiger partial charge in [0.15, 0.2) is 0 Å². The number of amides is 1. The average Bonchev–Trinajstić information content (AvgIpc) is 2.40. The Bertz CT molecular complexity index is 522. The molecule has 0 bridgehead atoms. The van der Waals surface area contributed by atoms with Crippen LogP contribution in [0.4, 0.5) is 10.6 Å². The molecule has 1 aromatic heterocycles. The van der Waals surface area contributed by atoms with Crippen LogP contribution in [0.15, 0.2) is 6.20 Å². The van der Waals surface area contributed by atoms with Crippen molar-refractivity contribution in [1.29, 1.82) is 0 Å². The second-order valence-corrected chi connectivity index (χ2v) is 6.44. The largest absolute Gasteiger partial charge is 0.444 e. The first-order valence-corrected chi connectivity index (χ1v) is 7.36. The van der Waals surface area contributed by atoms with Crippen LogP contribution in [0.25, 0.3) is 0 Å². The number of piperazine rings is 1. The highest BCUT2D eigenvalue weighted by Crippen LogP contribution is 2.20. The first-order chi connectivity index (χ1) is 9.76. The molecule has 7 heteroatoms. The normalized spacial score (nSPS) is 16.0. The number of hydrogen-bond acceptors (Lipinski definition) is 5. The number of aryl methyl sites for hydroxylation is 1. The van der Waals surface area contributed by atoms with E-state index in [1.54, 1.807) is 11.1 Å². The van der Waals surface area contributed by atoms with Crippen molar-refractivity contribution in [2.45, 2.75) is 33.3 Å². The lowest BCUT2D eigenvalue weighted by Gasteiger charge is -2.36. The summed E-state index contributed by atoms with van der Waals surface area (Å²) in [7, 11) is 0. The molecule has 0 radical (unpaired) electrons. The van der Waals surface area contributed by atoms with Crippen molar-refractivity contribution in [3.05, 3.63) is 17.0 Å². The minimum atomic E-state index is -0.467. The van der Waals surface area contributed by atoms with Gasteiger partial charge in [-0.15, -0.1) is 0 Å². The summed E-state index contributed by atoms with van der Waals surface area (Å²) in [4.78, 5) is 24.1. The van der Waals surface area contributed by atoms with Crippen molar-refractivity contribution in [3.8, 4) is 0 Å². The SMILES string of the molecule is Cc1cnc(Cl)nc1N1CCN(C(=O)OC(C)(C)C)CC1. The molecule has 2 heterocycles. The summed E-state index contributed by atoms with van der Waals surface area (Å²) in [5.74, 6) is 0.832. The fourth-order valence-corrected chi connectivity index (χ4v) is 2.29. The van der Waals surface area contributed by atoms with Crippen molar-refractivity contribution in [2.75, 3.05) is 31.1 Å². The van der Waals surface area contributed by atoms with Crippen molar-refractivity contribution in [3.63, 3.8) is 0 Å². The Morgan fingerprint density at radius 2 is 1.90 bits per heavy atom. The fourth-order valence-electron chi connectivity index (χ4n) is 2.16. The van der Waals surface area contributed by atoms with Gasteiger partial charge in [-0.3, -0.25) is 0 Å². The van der Waals surface area contributed by atoms with Gasteiger partial charge < -0.3 is 14.5 Å². The van der Waals surface area contributed by atoms with Gasteiger partial charge in [-0.05, 0) is 39.3 Å². The number of rotatable bonds is 1. The van der Waals surface area contributed by atoms with Gasteiger partial charge >= 0.3 is 6.09 Å². The maximum Gasteiger partial charge on any atom is 0.410 e. The third-order valence-corrected chi connectivity index (χ3v) is 3.33. The van der Waals surface area contributed by atoms with Crippen LogP contribution in [0.1, 0.15) is 26.3 Å². The maximum absolute atomic E-state index is 12.0. The molecule has 0 aliphatic carbocycles. The number of halogens is 1. The molecular formula is C14H21ClN4O2. The monoisotopic (exact) mass is 312 g/mol. The Labute approximate surface area is 130 Å². The minimum Gasteiger partial charge on any atom is -0.444 e. The Hall–Kier alpha value is -1.56. The molecule has 1 fully saturated rings. The van der Waals surface area contributed by atoms with Crippen LogP contribution in [0.2, 0.25) is 5.28 Å². The number of nitrogens with zero attached hydrogens (tertiary/aromatic N) is 4.